The first-order valence-electron chi connectivity index (χ1n) is 9.17. The van der Waals surface area contributed by atoms with Gasteiger partial charge in [0, 0.05) is 35.9 Å². The number of benzene rings is 2. The zero-order valence-corrected chi connectivity index (χ0v) is 18.6. The highest BCUT2D eigenvalue weighted by molar-refractivity contribution is 7.98. The van der Waals surface area contributed by atoms with Crippen LogP contribution < -0.4 is 14.4 Å². The first kappa shape index (κ1) is 22.6. The molecular formula is C20H21ClN2O5S2. The van der Waals surface area contributed by atoms with E-state index in [4.69, 9.17) is 16.3 Å². The molecule has 0 bridgehead atoms. The van der Waals surface area contributed by atoms with Gasteiger partial charge < -0.3 is 4.74 Å². The Kier molecular flexibility index (Phi) is 7.41. The topological polar surface area (TPSA) is 92.8 Å². The maximum absolute atomic E-state index is 12.7. The summed E-state index contributed by atoms with van der Waals surface area (Å²) in [5.74, 6) is 0.827. The summed E-state index contributed by atoms with van der Waals surface area (Å²) < 4.78 is 33.1. The third kappa shape index (κ3) is 5.34. The van der Waals surface area contributed by atoms with Gasteiger partial charge in [-0.25, -0.2) is 18.0 Å². The molecular weight excluding hydrogens is 448 g/mol. The van der Waals surface area contributed by atoms with Gasteiger partial charge in [0.05, 0.1) is 17.7 Å². The van der Waals surface area contributed by atoms with Crippen LogP contribution in [0.2, 0.25) is 5.02 Å². The third-order valence-electron chi connectivity index (χ3n) is 4.47. The van der Waals surface area contributed by atoms with Crippen LogP contribution in [-0.2, 0) is 25.4 Å². The molecule has 30 heavy (non-hydrogen) atoms. The van der Waals surface area contributed by atoms with Gasteiger partial charge in [-0.1, -0.05) is 23.7 Å². The normalized spacial score (nSPS) is 14.4. The van der Waals surface area contributed by atoms with Gasteiger partial charge in [0.2, 0.25) is 21.8 Å². The molecule has 1 heterocycles. The second-order valence-corrected chi connectivity index (χ2v) is 9.84. The molecule has 1 saturated heterocycles. The van der Waals surface area contributed by atoms with E-state index in [0.717, 1.165) is 16.2 Å². The minimum atomic E-state index is -3.81. The van der Waals surface area contributed by atoms with E-state index in [1.54, 1.807) is 11.8 Å². The molecule has 0 unspecified atom stereocenters. The average Bonchev–Trinajstić information content (AvgIpc) is 3.06. The van der Waals surface area contributed by atoms with Gasteiger partial charge in [-0.3, -0.25) is 9.59 Å². The Bertz CT molecular complexity index is 1030. The number of imide groups is 1. The van der Waals surface area contributed by atoms with Gasteiger partial charge in [-0.05, 0) is 35.9 Å². The molecule has 2 aromatic carbocycles. The molecule has 0 aliphatic carbocycles. The Balaban J connectivity index is 1.64. The molecule has 2 aromatic rings. The van der Waals surface area contributed by atoms with Crippen LogP contribution in [0.4, 0.5) is 5.69 Å². The van der Waals surface area contributed by atoms with E-state index < -0.39 is 10.0 Å². The highest BCUT2D eigenvalue weighted by atomic mass is 35.5. The first-order chi connectivity index (χ1) is 14.3. The molecule has 160 valence electrons. The number of hydrogen-bond acceptors (Lipinski definition) is 6. The number of sulfonamides is 1. The van der Waals surface area contributed by atoms with Crippen molar-refractivity contribution in [1.29, 1.82) is 0 Å². The lowest BCUT2D eigenvalue weighted by Gasteiger charge is -2.18. The van der Waals surface area contributed by atoms with Crippen molar-refractivity contribution in [3.05, 3.63) is 53.1 Å². The number of carbonyl (C=O) groups excluding carboxylic acids is 2. The van der Waals surface area contributed by atoms with Gasteiger partial charge in [-0.15, -0.1) is 0 Å². The van der Waals surface area contributed by atoms with E-state index in [1.807, 2.05) is 24.3 Å². The van der Waals surface area contributed by atoms with E-state index in [-0.39, 0.29) is 47.5 Å². The summed E-state index contributed by atoms with van der Waals surface area (Å²) in [4.78, 5) is 25.1. The largest absolute Gasteiger partial charge is 0.495 e. The van der Waals surface area contributed by atoms with Crippen LogP contribution in [0.15, 0.2) is 47.4 Å². The molecule has 0 saturated carbocycles. The van der Waals surface area contributed by atoms with Crippen LogP contribution in [0.3, 0.4) is 0 Å². The lowest BCUT2D eigenvalue weighted by atomic mass is 10.2. The van der Waals surface area contributed by atoms with Crippen molar-refractivity contribution in [3.63, 3.8) is 0 Å². The number of rotatable bonds is 9. The Morgan fingerprint density at radius 1 is 1.10 bits per heavy atom. The standard InChI is InChI=1S/C20H21ClN2O5S2/c1-28-18-7-6-16(12-17(18)23-19(24)8-9-20(23)25)30(26,27)22-10-11-29-13-14-2-4-15(21)5-3-14/h2-7,12,22H,8-11,13H2,1H3. The van der Waals surface area contributed by atoms with Gasteiger partial charge in [0.25, 0.3) is 0 Å². The van der Waals surface area contributed by atoms with E-state index in [2.05, 4.69) is 4.72 Å². The van der Waals surface area contributed by atoms with E-state index in [0.29, 0.717) is 10.8 Å². The van der Waals surface area contributed by atoms with Crippen molar-refractivity contribution in [1.82, 2.24) is 4.72 Å². The lowest BCUT2D eigenvalue weighted by molar-refractivity contribution is -0.121. The number of ether oxygens (including phenoxy) is 1. The van der Waals surface area contributed by atoms with E-state index in [1.165, 1.54) is 25.3 Å². The highest BCUT2D eigenvalue weighted by Crippen LogP contribution is 2.34. The summed E-state index contributed by atoms with van der Waals surface area (Å²) in [5.41, 5.74) is 1.25. The van der Waals surface area contributed by atoms with Crippen molar-refractivity contribution in [2.45, 2.75) is 23.5 Å². The van der Waals surface area contributed by atoms with Crippen molar-refractivity contribution in [2.24, 2.45) is 0 Å². The van der Waals surface area contributed by atoms with Crippen LogP contribution in [-0.4, -0.2) is 39.6 Å². The number of nitrogens with zero attached hydrogens (tertiary/aromatic N) is 1. The molecule has 1 aliphatic rings. The first-order valence-corrected chi connectivity index (χ1v) is 12.2. The van der Waals surface area contributed by atoms with Gasteiger partial charge >= 0.3 is 0 Å². The monoisotopic (exact) mass is 468 g/mol. The summed E-state index contributed by atoms with van der Waals surface area (Å²) in [6.07, 6.45) is 0.199. The maximum atomic E-state index is 12.7. The molecule has 0 radical (unpaired) electrons. The molecule has 10 heteroatoms. The minimum absolute atomic E-state index is 0.0338. The predicted octanol–water partition coefficient (Wildman–Crippen LogP) is 3.21. The van der Waals surface area contributed by atoms with Crippen molar-refractivity contribution < 1.29 is 22.7 Å². The Morgan fingerprint density at radius 3 is 2.40 bits per heavy atom. The van der Waals surface area contributed by atoms with Gasteiger partial charge in [-0.2, -0.15) is 11.8 Å². The van der Waals surface area contributed by atoms with Gasteiger partial charge in [0.1, 0.15) is 5.75 Å². The Hall–Kier alpha value is -2.07. The smallest absolute Gasteiger partial charge is 0.240 e. The summed E-state index contributed by atoms with van der Waals surface area (Å²) in [6, 6.07) is 11.6. The lowest BCUT2D eigenvalue weighted by Crippen LogP contribution is -2.30. The fraction of sp³-hybridized carbons (Fsp3) is 0.300. The number of hydrogen-bond donors (Lipinski definition) is 1. The number of nitrogens with one attached hydrogen (secondary N) is 1. The minimum Gasteiger partial charge on any atom is -0.495 e. The predicted molar refractivity (Wildman–Crippen MR) is 118 cm³/mol. The number of amides is 2. The molecule has 1 fully saturated rings. The molecule has 0 aromatic heterocycles. The van der Waals surface area contributed by atoms with Crippen LogP contribution in [0.5, 0.6) is 5.75 Å². The Morgan fingerprint density at radius 2 is 1.77 bits per heavy atom. The number of anilines is 1. The van der Waals surface area contributed by atoms with Crippen LogP contribution in [0, 0.1) is 0 Å². The van der Waals surface area contributed by atoms with Crippen LogP contribution >= 0.6 is 23.4 Å². The number of methoxy groups -OCH3 is 1. The molecule has 3 rings (SSSR count). The quantitative estimate of drug-likeness (QED) is 0.448. The summed E-state index contributed by atoms with van der Waals surface area (Å²) >= 11 is 7.45. The second-order valence-electron chi connectivity index (χ2n) is 6.53. The molecule has 2 amide bonds. The molecule has 1 aliphatic heterocycles. The zero-order valence-electron chi connectivity index (χ0n) is 16.3. The molecule has 0 spiro atoms. The fourth-order valence-electron chi connectivity index (χ4n) is 2.96. The maximum Gasteiger partial charge on any atom is 0.240 e. The third-order valence-corrected chi connectivity index (χ3v) is 7.21. The number of thioether (sulfide) groups is 1. The fourth-order valence-corrected chi connectivity index (χ4v) is 5.08. The van der Waals surface area contributed by atoms with Crippen molar-refractivity contribution in [3.8, 4) is 5.75 Å². The Labute approximate surface area is 184 Å². The molecule has 1 N–H and O–H groups in total. The van der Waals surface area contributed by atoms with Crippen molar-refractivity contribution >= 4 is 50.9 Å². The summed E-state index contributed by atoms with van der Waals surface area (Å²) in [6.45, 7) is 0.240. The highest BCUT2D eigenvalue weighted by Gasteiger charge is 2.33. The second kappa shape index (κ2) is 9.82. The molecule has 0 atom stereocenters. The zero-order chi connectivity index (χ0) is 21.7. The number of carbonyl (C=O) groups is 2. The number of halogens is 1. The summed E-state index contributed by atoms with van der Waals surface area (Å²) in [7, 11) is -2.41. The van der Waals surface area contributed by atoms with Crippen LogP contribution in [0.25, 0.3) is 0 Å². The average molecular weight is 469 g/mol. The summed E-state index contributed by atoms with van der Waals surface area (Å²) in [5, 5.41) is 0.674. The van der Waals surface area contributed by atoms with Gasteiger partial charge in [0.15, 0.2) is 0 Å². The van der Waals surface area contributed by atoms with E-state index >= 15 is 0 Å². The SMILES string of the molecule is COc1ccc(S(=O)(=O)NCCSCc2ccc(Cl)cc2)cc1N1C(=O)CCC1=O. The van der Waals surface area contributed by atoms with Crippen LogP contribution in [0.1, 0.15) is 18.4 Å². The van der Waals surface area contributed by atoms with Crippen molar-refractivity contribution in [2.75, 3.05) is 24.3 Å². The molecule has 7 nitrogen and oxygen atoms in total. The van der Waals surface area contributed by atoms with E-state index in [9.17, 15) is 18.0 Å².